The van der Waals surface area contributed by atoms with E-state index >= 15 is 0 Å². The first-order chi connectivity index (χ1) is 16.5. The van der Waals surface area contributed by atoms with Crippen molar-refractivity contribution in [2.45, 2.75) is 23.2 Å². The number of likely N-dealkylation sites (tertiary alicyclic amines) is 1. The summed E-state index contributed by atoms with van der Waals surface area (Å²) in [5.41, 5.74) is 7.40. The number of carbonyl (C=O) groups excluding carboxylic acids is 1. The number of primary amides is 1. The van der Waals surface area contributed by atoms with Crippen LogP contribution in [0.25, 0.3) is 0 Å². The molecule has 0 saturated carbocycles. The predicted octanol–water partition coefficient (Wildman–Crippen LogP) is 5.12. The predicted molar refractivity (Wildman–Crippen MR) is 140 cm³/mol. The van der Waals surface area contributed by atoms with Gasteiger partial charge in [-0.2, -0.15) is 0 Å². The number of amides is 1. The van der Waals surface area contributed by atoms with Gasteiger partial charge in [-0.25, -0.2) is 0 Å². The fourth-order valence-corrected chi connectivity index (χ4v) is 5.98. The van der Waals surface area contributed by atoms with Gasteiger partial charge in [0.1, 0.15) is 11.2 Å². The van der Waals surface area contributed by atoms with Crippen molar-refractivity contribution in [3.63, 3.8) is 0 Å². The number of hydrogen-bond donors (Lipinski definition) is 1. The highest BCUT2D eigenvalue weighted by Gasteiger charge is 2.53. The maximum absolute atomic E-state index is 13.3. The van der Waals surface area contributed by atoms with Gasteiger partial charge in [-0.3, -0.25) is 4.79 Å². The smallest absolute Gasteiger partial charge is 0.233 e. The van der Waals surface area contributed by atoms with E-state index in [2.05, 4.69) is 49.7 Å². The van der Waals surface area contributed by atoms with Gasteiger partial charge in [-0.15, -0.1) is 11.8 Å². The Hall–Kier alpha value is -2.76. The van der Waals surface area contributed by atoms with Crippen molar-refractivity contribution in [2.24, 2.45) is 11.7 Å². The lowest BCUT2D eigenvalue weighted by atomic mass is 9.64. The molecular formula is C29H35N2O2S+. The van der Waals surface area contributed by atoms with E-state index in [-0.39, 0.29) is 11.8 Å². The minimum absolute atomic E-state index is 0.139. The van der Waals surface area contributed by atoms with Gasteiger partial charge in [0.25, 0.3) is 0 Å². The van der Waals surface area contributed by atoms with E-state index in [1.807, 2.05) is 48.5 Å². The van der Waals surface area contributed by atoms with Crippen molar-refractivity contribution < 1.29 is 14.0 Å². The monoisotopic (exact) mass is 475 g/mol. The summed E-state index contributed by atoms with van der Waals surface area (Å²) in [5, 5.41) is 0. The Balaban J connectivity index is 1.48. The number of carbonyl (C=O) groups is 1. The topological polar surface area (TPSA) is 52.3 Å². The van der Waals surface area contributed by atoms with Gasteiger partial charge in [-0.1, -0.05) is 60.7 Å². The highest BCUT2D eigenvalue weighted by molar-refractivity contribution is 7.98. The van der Waals surface area contributed by atoms with Crippen LogP contribution >= 0.6 is 11.8 Å². The van der Waals surface area contributed by atoms with Crippen molar-refractivity contribution in [1.29, 1.82) is 0 Å². The van der Waals surface area contributed by atoms with Gasteiger partial charge < -0.3 is 15.0 Å². The van der Waals surface area contributed by atoms with Gasteiger partial charge in [0.15, 0.2) is 0 Å². The van der Waals surface area contributed by atoms with Gasteiger partial charge in [0.05, 0.1) is 33.3 Å². The van der Waals surface area contributed by atoms with Crippen LogP contribution < -0.4 is 10.5 Å². The van der Waals surface area contributed by atoms with E-state index in [1.165, 1.54) is 4.90 Å². The molecule has 2 atom stereocenters. The molecule has 34 heavy (non-hydrogen) atoms. The summed E-state index contributed by atoms with van der Waals surface area (Å²) in [6, 6.07) is 28.5. The molecule has 0 radical (unpaired) electrons. The summed E-state index contributed by atoms with van der Waals surface area (Å²) in [6.07, 6.45) is 4.00. The SMILES string of the molecule is CSc1ccc(OCCC[N+]2(C)CCC(C(C(N)=O)(c3ccccc3)c3ccccc3)C2)cc1. The third kappa shape index (κ3) is 5.01. The second-order valence-electron chi connectivity index (χ2n) is 9.52. The van der Waals surface area contributed by atoms with E-state index in [4.69, 9.17) is 10.5 Å². The lowest BCUT2D eigenvalue weighted by Crippen LogP contribution is -2.51. The molecule has 3 aromatic rings. The maximum atomic E-state index is 13.3. The molecule has 0 spiro atoms. The Morgan fingerprint density at radius 3 is 2.12 bits per heavy atom. The Kier molecular flexibility index (Phi) is 7.64. The van der Waals surface area contributed by atoms with E-state index in [0.29, 0.717) is 6.61 Å². The molecule has 2 unspecified atom stereocenters. The number of hydrogen-bond acceptors (Lipinski definition) is 3. The average Bonchev–Trinajstić information content (AvgIpc) is 3.26. The molecule has 1 fully saturated rings. The fraction of sp³-hybridized carbons (Fsp3) is 0.345. The Labute approximate surface area is 207 Å². The fourth-order valence-electron chi connectivity index (χ4n) is 5.57. The summed E-state index contributed by atoms with van der Waals surface area (Å²) in [5.74, 6) is 0.792. The normalized spacial score (nSPS) is 20.2. The zero-order valence-electron chi connectivity index (χ0n) is 20.2. The highest BCUT2D eigenvalue weighted by Crippen LogP contribution is 2.45. The van der Waals surface area contributed by atoms with Crippen molar-refractivity contribution >= 4 is 17.7 Å². The number of thioether (sulfide) groups is 1. The van der Waals surface area contributed by atoms with Gasteiger partial charge in [0.2, 0.25) is 5.91 Å². The summed E-state index contributed by atoms with van der Waals surface area (Å²) in [7, 11) is 2.30. The van der Waals surface area contributed by atoms with Crippen LogP contribution in [0.5, 0.6) is 5.75 Å². The molecule has 178 valence electrons. The summed E-state index contributed by atoms with van der Waals surface area (Å²) in [6.45, 7) is 3.64. The summed E-state index contributed by atoms with van der Waals surface area (Å²) in [4.78, 5) is 14.5. The molecule has 1 aliphatic heterocycles. The van der Waals surface area contributed by atoms with Crippen LogP contribution in [0.1, 0.15) is 24.0 Å². The summed E-state index contributed by atoms with van der Waals surface area (Å²) < 4.78 is 6.91. The third-order valence-electron chi connectivity index (χ3n) is 7.31. The zero-order valence-corrected chi connectivity index (χ0v) is 21.0. The molecule has 1 saturated heterocycles. The third-order valence-corrected chi connectivity index (χ3v) is 8.05. The second kappa shape index (κ2) is 10.7. The lowest BCUT2D eigenvalue weighted by Gasteiger charge is -2.38. The van der Waals surface area contributed by atoms with Crippen molar-refractivity contribution in [3.05, 3.63) is 96.1 Å². The van der Waals surface area contributed by atoms with Gasteiger partial charge in [0, 0.05) is 23.7 Å². The van der Waals surface area contributed by atoms with Crippen LogP contribution in [0.3, 0.4) is 0 Å². The number of ether oxygens (including phenoxy) is 1. The quantitative estimate of drug-likeness (QED) is 0.252. The Morgan fingerprint density at radius 1 is 1.00 bits per heavy atom. The summed E-state index contributed by atoms with van der Waals surface area (Å²) >= 11 is 1.73. The molecule has 0 aromatic heterocycles. The largest absolute Gasteiger partial charge is 0.493 e. The van der Waals surface area contributed by atoms with Crippen molar-refractivity contribution in [2.75, 3.05) is 39.5 Å². The van der Waals surface area contributed by atoms with Crippen molar-refractivity contribution in [3.8, 4) is 5.75 Å². The average molecular weight is 476 g/mol. The van der Waals surface area contributed by atoms with E-state index < -0.39 is 5.41 Å². The molecule has 3 aromatic carbocycles. The molecule has 2 N–H and O–H groups in total. The van der Waals surface area contributed by atoms with Gasteiger partial charge in [-0.05, 0) is 41.6 Å². The Bertz CT molecular complexity index is 1030. The molecule has 4 rings (SSSR count). The molecule has 4 nitrogen and oxygen atoms in total. The van der Waals surface area contributed by atoms with Crippen molar-refractivity contribution in [1.82, 2.24) is 0 Å². The van der Waals surface area contributed by atoms with E-state index in [0.717, 1.165) is 53.8 Å². The standard InChI is InChI=1S/C29H34N2O2S/c1-31(19-9-21-33-26-14-16-27(34-2)17-15-26)20-18-25(22-31)29(28(30)32,23-10-5-3-6-11-23)24-12-7-4-8-13-24/h3-8,10-17,25H,9,18-22H2,1-2H3,(H-,30,32)/p+1. The molecular weight excluding hydrogens is 440 g/mol. The first-order valence-corrected chi connectivity index (χ1v) is 13.2. The molecule has 0 bridgehead atoms. The molecule has 1 heterocycles. The van der Waals surface area contributed by atoms with Crippen LogP contribution in [-0.4, -0.2) is 49.9 Å². The maximum Gasteiger partial charge on any atom is 0.233 e. The number of nitrogens with zero attached hydrogens (tertiary/aromatic N) is 1. The van der Waals surface area contributed by atoms with E-state index in [9.17, 15) is 4.79 Å². The minimum Gasteiger partial charge on any atom is -0.493 e. The van der Waals surface area contributed by atoms with Crippen LogP contribution in [0.4, 0.5) is 0 Å². The van der Waals surface area contributed by atoms with Crippen LogP contribution in [0, 0.1) is 5.92 Å². The Morgan fingerprint density at radius 2 is 1.59 bits per heavy atom. The zero-order chi connectivity index (χ0) is 24.0. The number of quaternary nitrogens is 1. The molecule has 1 amide bonds. The first kappa shape index (κ1) is 24.4. The van der Waals surface area contributed by atoms with Gasteiger partial charge >= 0.3 is 0 Å². The lowest BCUT2D eigenvalue weighted by molar-refractivity contribution is -0.899. The second-order valence-corrected chi connectivity index (χ2v) is 10.4. The van der Waals surface area contributed by atoms with E-state index in [1.54, 1.807) is 11.8 Å². The number of benzene rings is 3. The number of rotatable bonds is 10. The van der Waals surface area contributed by atoms with Crippen LogP contribution in [-0.2, 0) is 10.2 Å². The molecule has 0 aliphatic carbocycles. The van der Waals surface area contributed by atoms with Crippen LogP contribution in [0.15, 0.2) is 89.8 Å². The first-order valence-electron chi connectivity index (χ1n) is 12.0. The molecule has 5 heteroatoms. The number of nitrogens with two attached hydrogens (primary N) is 1. The minimum atomic E-state index is -0.825. The molecule has 1 aliphatic rings. The van der Waals surface area contributed by atoms with Crippen LogP contribution in [0.2, 0.25) is 0 Å². The highest BCUT2D eigenvalue weighted by atomic mass is 32.2.